The Bertz CT molecular complexity index is 222. The highest BCUT2D eigenvalue weighted by atomic mass is 19.4. The lowest BCUT2D eigenvalue weighted by atomic mass is 10.3. The van der Waals surface area contributed by atoms with Gasteiger partial charge in [-0.3, -0.25) is 4.79 Å². The first-order valence-corrected chi connectivity index (χ1v) is 5.96. The van der Waals surface area contributed by atoms with Crippen LogP contribution in [0.25, 0.3) is 0 Å². The molecule has 0 atom stereocenters. The molecular weight excluding hydrogens is 251 g/mol. The number of hydrogen-bond donors (Lipinski definition) is 1. The van der Waals surface area contributed by atoms with Gasteiger partial charge in [-0.15, -0.1) is 0 Å². The molecule has 0 unspecified atom stereocenters. The zero-order valence-electron chi connectivity index (χ0n) is 10.5. The molecule has 18 heavy (non-hydrogen) atoms. The standard InChI is InChI=1S/C11H20F3NO3/c1-2-18-10(16)5-3-6-15-7-4-8-17-9-11(12,13)14/h15H,2-9H2,1H3. The van der Waals surface area contributed by atoms with E-state index in [-0.39, 0.29) is 12.6 Å². The largest absolute Gasteiger partial charge is 0.466 e. The number of alkyl halides is 3. The fraction of sp³-hybridized carbons (Fsp3) is 0.909. The van der Waals surface area contributed by atoms with Crippen LogP contribution in [0.15, 0.2) is 0 Å². The number of hydrogen-bond acceptors (Lipinski definition) is 4. The Morgan fingerprint density at radius 1 is 1.22 bits per heavy atom. The zero-order valence-corrected chi connectivity index (χ0v) is 10.5. The molecule has 0 heterocycles. The third-order valence-electron chi connectivity index (χ3n) is 1.95. The molecule has 0 fully saturated rings. The van der Waals surface area contributed by atoms with Crippen molar-refractivity contribution >= 4 is 5.97 Å². The highest BCUT2D eigenvalue weighted by molar-refractivity contribution is 5.69. The van der Waals surface area contributed by atoms with Crippen molar-refractivity contribution in [3.63, 3.8) is 0 Å². The van der Waals surface area contributed by atoms with Gasteiger partial charge >= 0.3 is 12.1 Å². The smallest absolute Gasteiger partial charge is 0.411 e. The normalized spacial score (nSPS) is 11.6. The van der Waals surface area contributed by atoms with Gasteiger partial charge in [0.1, 0.15) is 6.61 Å². The molecule has 0 aromatic rings. The van der Waals surface area contributed by atoms with E-state index in [1.807, 2.05) is 0 Å². The number of halogens is 3. The van der Waals surface area contributed by atoms with Gasteiger partial charge in [-0.05, 0) is 32.9 Å². The molecule has 0 bridgehead atoms. The van der Waals surface area contributed by atoms with Crippen LogP contribution < -0.4 is 5.32 Å². The predicted molar refractivity (Wildman–Crippen MR) is 60.2 cm³/mol. The number of rotatable bonds is 10. The van der Waals surface area contributed by atoms with Crippen LogP contribution in [-0.4, -0.2) is 45.1 Å². The summed E-state index contributed by atoms with van der Waals surface area (Å²) >= 11 is 0. The summed E-state index contributed by atoms with van der Waals surface area (Å²) in [5, 5.41) is 3.01. The third-order valence-corrected chi connectivity index (χ3v) is 1.95. The Hall–Kier alpha value is -0.820. The minimum atomic E-state index is -4.26. The van der Waals surface area contributed by atoms with Crippen LogP contribution >= 0.6 is 0 Å². The van der Waals surface area contributed by atoms with Crippen molar-refractivity contribution in [1.29, 1.82) is 0 Å². The maximum absolute atomic E-state index is 11.7. The topological polar surface area (TPSA) is 47.6 Å². The monoisotopic (exact) mass is 271 g/mol. The van der Waals surface area contributed by atoms with Gasteiger partial charge in [0, 0.05) is 13.0 Å². The fourth-order valence-electron chi connectivity index (χ4n) is 1.20. The van der Waals surface area contributed by atoms with Gasteiger partial charge in [0.25, 0.3) is 0 Å². The Morgan fingerprint density at radius 3 is 2.50 bits per heavy atom. The second kappa shape index (κ2) is 10.1. The molecule has 0 spiro atoms. The van der Waals surface area contributed by atoms with Crippen LogP contribution in [0.1, 0.15) is 26.2 Å². The summed E-state index contributed by atoms with van der Waals surface area (Å²) in [5.74, 6) is -0.229. The summed E-state index contributed by atoms with van der Waals surface area (Å²) in [7, 11) is 0. The zero-order chi connectivity index (χ0) is 13.9. The van der Waals surface area contributed by atoms with Crippen LogP contribution in [0.2, 0.25) is 0 Å². The van der Waals surface area contributed by atoms with Gasteiger partial charge in [0.05, 0.1) is 6.61 Å². The van der Waals surface area contributed by atoms with Crippen LogP contribution in [-0.2, 0) is 14.3 Å². The molecule has 4 nitrogen and oxygen atoms in total. The van der Waals surface area contributed by atoms with E-state index in [1.165, 1.54) is 0 Å². The van der Waals surface area contributed by atoms with Crippen molar-refractivity contribution in [2.75, 3.05) is 32.9 Å². The number of esters is 1. The van der Waals surface area contributed by atoms with Crippen molar-refractivity contribution in [3.05, 3.63) is 0 Å². The summed E-state index contributed by atoms with van der Waals surface area (Å²) in [6.45, 7) is 2.21. The lowest BCUT2D eigenvalue weighted by Crippen LogP contribution is -2.21. The molecule has 0 aliphatic carbocycles. The van der Waals surface area contributed by atoms with Crippen LogP contribution in [0.5, 0.6) is 0 Å². The summed E-state index contributed by atoms with van der Waals surface area (Å²) in [6.07, 6.45) is -2.74. The molecule has 0 aromatic heterocycles. The second-order valence-electron chi connectivity index (χ2n) is 3.68. The summed E-state index contributed by atoms with van der Waals surface area (Å²) < 4.78 is 44.2. The average molecular weight is 271 g/mol. The first-order chi connectivity index (χ1) is 8.45. The highest BCUT2D eigenvalue weighted by Crippen LogP contribution is 2.14. The van der Waals surface area contributed by atoms with E-state index in [2.05, 4.69) is 10.1 Å². The highest BCUT2D eigenvalue weighted by Gasteiger charge is 2.27. The second-order valence-corrected chi connectivity index (χ2v) is 3.68. The quantitative estimate of drug-likeness (QED) is 0.487. The Morgan fingerprint density at radius 2 is 1.89 bits per heavy atom. The van der Waals surface area contributed by atoms with Crippen LogP contribution in [0.4, 0.5) is 13.2 Å². The maximum Gasteiger partial charge on any atom is 0.411 e. The van der Waals surface area contributed by atoms with E-state index in [0.717, 1.165) is 0 Å². The van der Waals surface area contributed by atoms with Crippen molar-refractivity contribution in [1.82, 2.24) is 5.32 Å². The molecule has 0 saturated heterocycles. The molecule has 0 radical (unpaired) electrons. The molecule has 7 heteroatoms. The molecule has 108 valence electrons. The van der Waals surface area contributed by atoms with E-state index < -0.39 is 12.8 Å². The Kier molecular flexibility index (Phi) is 9.67. The minimum Gasteiger partial charge on any atom is -0.466 e. The average Bonchev–Trinajstić information content (AvgIpc) is 2.25. The minimum absolute atomic E-state index is 0.0738. The molecule has 0 rings (SSSR count). The van der Waals surface area contributed by atoms with Crippen molar-refractivity contribution in [3.8, 4) is 0 Å². The summed E-state index contributed by atoms with van der Waals surface area (Å²) in [6, 6.07) is 0. The van der Waals surface area contributed by atoms with Gasteiger partial charge in [-0.1, -0.05) is 0 Å². The van der Waals surface area contributed by atoms with Gasteiger partial charge in [0.15, 0.2) is 0 Å². The molecule has 1 N–H and O–H groups in total. The molecule has 0 aliphatic rings. The first kappa shape index (κ1) is 17.2. The van der Waals surface area contributed by atoms with Gasteiger partial charge in [-0.2, -0.15) is 13.2 Å². The lowest BCUT2D eigenvalue weighted by Gasteiger charge is -2.08. The van der Waals surface area contributed by atoms with Crippen LogP contribution in [0.3, 0.4) is 0 Å². The maximum atomic E-state index is 11.7. The number of carbonyl (C=O) groups is 1. The van der Waals surface area contributed by atoms with Crippen molar-refractivity contribution < 1.29 is 27.4 Å². The van der Waals surface area contributed by atoms with Gasteiger partial charge < -0.3 is 14.8 Å². The van der Waals surface area contributed by atoms with E-state index in [1.54, 1.807) is 6.92 Å². The van der Waals surface area contributed by atoms with Crippen LogP contribution in [0, 0.1) is 0 Å². The first-order valence-electron chi connectivity index (χ1n) is 5.96. The summed E-state index contributed by atoms with van der Waals surface area (Å²) in [5.41, 5.74) is 0. The number of carbonyl (C=O) groups excluding carboxylic acids is 1. The van der Waals surface area contributed by atoms with Crippen molar-refractivity contribution in [2.24, 2.45) is 0 Å². The lowest BCUT2D eigenvalue weighted by molar-refractivity contribution is -0.173. The van der Waals surface area contributed by atoms with Crippen molar-refractivity contribution in [2.45, 2.75) is 32.4 Å². The molecule has 0 saturated carbocycles. The van der Waals surface area contributed by atoms with E-state index in [0.29, 0.717) is 39.0 Å². The van der Waals surface area contributed by atoms with Gasteiger partial charge in [0.2, 0.25) is 0 Å². The Balaban J connectivity index is 3.15. The van der Waals surface area contributed by atoms with Gasteiger partial charge in [-0.25, -0.2) is 0 Å². The molecule has 0 aromatic carbocycles. The number of ether oxygens (including phenoxy) is 2. The molecule has 0 amide bonds. The SMILES string of the molecule is CCOC(=O)CCCNCCCOCC(F)(F)F. The fourth-order valence-corrected chi connectivity index (χ4v) is 1.20. The third kappa shape index (κ3) is 13.2. The Labute approximate surface area is 105 Å². The number of nitrogens with one attached hydrogen (secondary N) is 1. The predicted octanol–water partition coefficient (Wildman–Crippen LogP) is 1.89. The van der Waals surface area contributed by atoms with E-state index in [9.17, 15) is 18.0 Å². The van der Waals surface area contributed by atoms with E-state index in [4.69, 9.17) is 4.74 Å². The van der Waals surface area contributed by atoms with E-state index >= 15 is 0 Å². The molecule has 0 aliphatic heterocycles. The summed E-state index contributed by atoms with van der Waals surface area (Å²) in [4.78, 5) is 10.9. The molecular formula is C11H20F3NO3.